The van der Waals surface area contributed by atoms with Crippen LogP contribution in [0.25, 0.3) is 0 Å². The number of ether oxygens (including phenoxy) is 1. The smallest absolute Gasteiger partial charge is 0.325 e. The summed E-state index contributed by atoms with van der Waals surface area (Å²) in [6.45, 7) is 4.72. The molecule has 1 aliphatic heterocycles. The third kappa shape index (κ3) is 2.64. The summed E-state index contributed by atoms with van der Waals surface area (Å²) in [6, 6.07) is 5.17. The predicted molar refractivity (Wildman–Crippen MR) is 68.9 cm³/mol. The van der Waals surface area contributed by atoms with Crippen molar-refractivity contribution < 1.29 is 14.6 Å². The molecular formula is C14H19NO3. The zero-order valence-electron chi connectivity index (χ0n) is 10.8. The van der Waals surface area contributed by atoms with Crippen LogP contribution < -0.4 is 10.1 Å². The van der Waals surface area contributed by atoms with Gasteiger partial charge in [0.2, 0.25) is 0 Å². The summed E-state index contributed by atoms with van der Waals surface area (Å²) in [4.78, 5) is 11.4. The maximum absolute atomic E-state index is 11.4. The van der Waals surface area contributed by atoms with Gasteiger partial charge >= 0.3 is 5.97 Å². The number of carbonyl (C=O) groups is 1. The van der Waals surface area contributed by atoms with Gasteiger partial charge in [0.25, 0.3) is 0 Å². The average molecular weight is 249 g/mol. The van der Waals surface area contributed by atoms with Crippen molar-refractivity contribution in [2.75, 3.05) is 6.61 Å². The first-order chi connectivity index (χ1) is 8.61. The Morgan fingerprint density at radius 3 is 3.00 bits per heavy atom. The number of rotatable bonds is 5. The van der Waals surface area contributed by atoms with E-state index in [9.17, 15) is 9.90 Å². The molecule has 0 fully saturated rings. The lowest BCUT2D eigenvalue weighted by atomic mass is 10.0. The summed E-state index contributed by atoms with van der Waals surface area (Å²) in [6.07, 6.45) is 1.76. The molecule has 2 N–H and O–H groups in total. The van der Waals surface area contributed by atoms with Crippen molar-refractivity contribution in [1.29, 1.82) is 0 Å². The Kier molecular flexibility index (Phi) is 3.87. The highest BCUT2D eigenvalue weighted by Crippen LogP contribution is 2.28. The van der Waals surface area contributed by atoms with Crippen LogP contribution in [0.3, 0.4) is 0 Å². The second-order valence-electron chi connectivity index (χ2n) is 4.71. The number of fused-ring (bicyclic) bond motifs is 1. The van der Waals surface area contributed by atoms with Gasteiger partial charge in [-0.05, 0) is 36.6 Å². The average Bonchev–Trinajstić information content (AvgIpc) is 2.82. The van der Waals surface area contributed by atoms with Crippen molar-refractivity contribution in [3.05, 3.63) is 29.3 Å². The molecule has 0 saturated carbocycles. The summed E-state index contributed by atoms with van der Waals surface area (Å²) in [7, 11) is 0. The van der Waals surface area contributed by atoms with Crippen molar-refractivity contribution >= 4 is 5.97 Å². The van der Waals surface area contributed by atoms with Gasteiger partial charge in [-0.1, -0.05) is 13.0 Å². The Morgan fingerprint density at radius 1 is 1.56 bits per heavy atom. The summed E-state index contributed by atoms with van der Waals surface area (Å²) in [5.41, 5.74) is 1.90. The molecule has 0 saturated heterocycles. The zero-order valence-corrected chi connectivity index (χ0v) is 10.8. The van der Waals surface area contributed by atoms with Gasteiger partial charge in [-0.2, -0.15) is 0 Å². The molecule has 1 aliphatic rings. The third-order valence-corrected chi connectivity index (χ3v) is 3.36. The highest BCUT2D eigenvalue weighted by molar-refractivity contribution is 5.75. The second kappa shape index (κ2) is 5.40. The van der Waals surface area contributed by atoms with E-state index in [1.165, 1.54) is 0 Å². The molecule has 98 valence electrons. The van der Waals surface area contributed by atoms with Crippen LogP contribution in [-0.2, 0) is 11.2 Å². The third-order valence-electron chi connectivity index (χ3n) is 3.36. The molecule has 1 aromatic rings. The zero-order chi connectivity index (χ0) is 13.1. The number of carboxylic acid groups (broad SMARTS) is 1. The van der Waals surface area contributed by atoms with Crippen LogP contribution in [-0.4, -0.2) is 23.7 Å². The highest BCUT2D eigenvalue weighted by Gasteiger charge is 2.23. The maximum atomic E-state index is 11.4. The largest absolute Gasteiger partial charge is 0.493 e. The maximum Gasteiger partial charge on any atom is 0.325 e. The van der Waals surface area contributed by atoms with E-state index in [1.54, 1.807) is 0 Å². The lowest BCUT2D eigenvalue weighted by Crippen LogP contribution is -2.34. The lowest BCUT2D eigenvalue weighted by molar-refractivity contribution is -0.139. The van der Waals surface area contributed by atoms with Gasteiger partial charge in [0.05, 0.1) is 6.61 Å². The molecule has 1 heterocycles. The first-order valence-electron chi connectivity index (χ1n) is 6.36. The molecule has 0 spiro atoms. The molecule has 0 aromatic heterocycles. The molecule has 4 nitrogen and oxygen atoms in total. The first kappa shape index (κ1) is 12.9. The summed E-state index contributed by atoms with van der Waals surface area (Å²) < 4.78 is 5.43. The van der Waals surface area contributed by atoms with Crippen LogP contribution in [0.1, 0.15) is 37.4 Å². The van der Waals surface area contributed by atoms with E-state index in [0.29, 0.717) is 6.61 Å². The number of carboxylic acids is 1. The van der Waals surface area contributed by atoms with E-state index in [-0.39, 0.29) is 6.04 Å². The van der Waals surface area contributed by atoms with E-state index in [1.807, 2.05) is 32.0 Å². The van der Waals surface area contributed by atoms with Crippen LogP contribution in [0.15, 0.2) is 18.2 Å². The molecule has 0 amide bonds. The molecule has 0 radical (unpaired) electrons. The molecule has 0 aliphatic carbocycles. The number of hydrogen-bond acceptors (Lipinski definition) is 3. The van der Waals surface area contributed by atoms with Gasteiger partial charge < -0.3 is 9.84 Å². The van der Waals surface area contributed by atoms with E-state index >= 15 is 0 Å². The van der Waals surface area contributed by atoms with Gasteiger partial charge in [0.1, 0.15) is 11.8 Å². The second-order valence-corrected chi connectivity index (χ2v) is 4.71. The van der Waals surface area contributed by atoms with Gasteiger partial charge in [0.15, 0.2) is 0 Å². The van der Waals surface area contributed by atoms with Crippen molar-refractivity contribution in [3.63, 3.8) is 0 Å². The first-order valence-corrected chi connectivity index (χ1v) is 6.36. The van der Waals surface area contributed by atoms with Gasteiger partial charge in [-0.3, -0.25) is 10.1 Å². The van der Waals surface area contributed by atoms with Crippen molar-refractivity contribution in [3.8, 4) is 5.75 Å². The van der Waals surface area contributed by atoms with E-state index in [4.69, 9.17) is 4.74 Å². The van der Waals surface area contributed by atoms with Gasteiger partial charge in [-0.25, -0.2) is 0 Å². The van der Waals surface area contributed by atoms with Crippen molar-refractivity contribution in [2.24, 2.45) is 0 Å². The number of nitrogens with one attached hydrogen (secondary N) is 1. The standard InChI is InChI=1S/C14H19NO3/c1-3-9(2)15-13(14(16)17)11-4-5-12-10(8-11)6-7-18-12/h4-5,8-9,13,15H,3,6-7H2,1-2H3,(H,16,17). The minimum absolute atomic E-state index is 0.176. The Bertz CT molecular complexity index is 445. The Balaban J connectivity index is 2.23. The molecule has 0 bridgehead atoms. The van der Waals surface area contributed by atoms with Crippen molar-refractivity contribution in [2.45, 2.75) is 38.8 Å². The molecule has 18 heavy (non-hydrogen) atoms. The molecule has 4 heteroatoms. The fraction of sp³-hybridized carbons (Fsp3) is 0.500. The number of benzene rings is 1. The Hall–Kier alpha value is -1.55. The highest BCUT2D eigenvalue weighted by atomic mass is 16.5. The number of hydrogen-bond donors (Lipinski definition) is 2. The van der Waals surface area contributed by atoms with E-state index in [2.05, 4.69) is 5.32 Å². The summed E-state index contributed by atoms with van der Waals surface area (Å²) in [5.74, 6) is 0.0422. The number of aliphatic carboxylic acids is 1. The van der Waals surface area contributed by atoms with Crippen LogP contribution in [0.4, 0.5) is 0 Å². The van der Waals surface area contributed by atoms with Crippen LogP contribution in [0, 0.1) is 0 Å². The van der Waals surface area contributed by atoms with Crippen LogP contribution >= 0.6 is 0 Å². The lowest BCUT2D eigenvalue weighted by Gasteiger charge is -2.19. The van der Waals surface area contributed by atoms with Gasteiger partial charge in [0, 0.05) is 12.5 Å². The molecule has 2 atom stereocenters. The topological polar surface area (TPSA) is 58.6 Å². The van der Waals surface area contributed by atoms with Crippen LogP contribution in [0.2, 0.25) is 0 Å². The Morgan fingerprint density at radius 2 is 2.33 bits per heavy atom. The Labute approximate surface area is 107 Å². The summed E-state index contributed by atoms with van der Waals surface area (Å²) in [5, 5.41) is 12.5. The van der Waals surface area contributed by atoms with Gasteiger partial charge in [-0.15, -0.1) is 0 Å². The van der Waals surface area contributed by atoms with Crippen molar-refractivity contribution in [1.82, 2.24) is 5.32 Å². The molecular weight excluding hydrogens is 230 g/mol. The van der Waals surface area contributed by atoms with Crippen LogP contribution in [0.5, 0.6) is 5.75 Å². The monoisotopic (exact) mass is 249 g/mol. The van der Waals surface area contributed by atoms with E-state index in [0.717, 1.165) is 29.7 Å². The fourth-order valence-corrected chi connectivity index (χ4v) is 2.10. The predicted octanol–water partition coefficient (Wildman–Crippen LogP) is 2.14. The minimum atomic E-state index is -0.839. The molecule has 1 aromatic carbocycles. The molecule has 2 rings (SSSR count). The van der Waals surface area contributed by atoms with E-state index < -0.39 is 12.0 Å². The minimum Gasteiger partial charge on any atom is -0.493 e. The molecule has 2 unspecified atom stereocenters. The quantitative estimate of drug-likeness (QED) is 0.839. The summed E-state index contributed by atoms with van der Waals surface area (Å²) >= 11 is 0. The SMILES string of the molecule is CCC(C)NC(C(=O)O)c1ccc2c(c1)CCO2. The normalized spacial score (nSPS) is 16.8. The fourth-order valence-electron chi connectivity index (χ4n) is 2.10.